The molecule has 0 atom stereocenters. The number of nitrogens with zero attached hydrogens (tertiary/aromatic N) is 1. The van der Waals surface area contributed by atoms with Gasteiger partial charge in [0.1, 0.15) is 0 Å². The van der Waals surface area contributed by atoms with E-state index in [1.54, 1.807) is 4.90 Å². The van der Waals surface area contributed by atoms with Crippen molar-refractivity contribution in [3.63, 3.8) is 0 Å². The molecule has 5 nitrogen and oxygen atoms in total. The SMILES string of the molecule is CCc1ccc(N)c(CC)c1NC(=O)N(Cc1ccc(Cl)cc1)c1ccc(NC)cc1. The van der Waals surface area contributed by atoms with Crippen LogP contribution in [-0.4, -0.2) is 13.1 Å². The molecule has 3 aromatic carbocycles. The molecule has 162 valence electrons. The number of anilines is 4. The molecule has 0 saturated heterocycles. The van der Waals surface area contributed by atoms with E-state index in [4.69, 9.17) is 17.3 Å². The van der Waals surface area contributed by atoms with E-state index >= 15 is 0 Å². The second-order valence-electron chi connectivity index (χ2n) is 7.31. The Bertz CT molecular complexity index is 1030. The zero-order valence-electron chi connectivity index (χ0n) is 18.2. The summed E-state index contributed by atoms with van der Waals surface area (Å²) in [6.07, 6.45) is 1.54. The molecule has 0 saturated carbocycles. The molecular weight excluding hydrogens is 408 g/mol. The predicted octanol–water partition coefficient (Wildman–Crippen LogP) is 6.33. The lowest BCUT2D eigenvalue weighted by molar-refractivity contribution is 0.256. The summed E-state index contributed by atoms with van der Waals surface area (Å²) in [6.45, 7) is 4.53. The van der Waals surface area contributed by atoms with Gasteiger partial charge in [-0.2, -0.15) is 0 Å². The molecule has 0 aromatic heterocycles. The Morgan fingerprint density at radius 1 is 0.968 bits per heavy atom. The van der Waals surface area contributed by atoms with Crippen LogP contribution in [0.25, 0.3) is 0 Å². The summed E-state index contributed by atoms with van der Waals surface area (Å²) in [4.78, 5) is 15.2. The van der Waals surface area contributed by atoms with E-state index in [1.807, 2.05) is 74.6 Å². The van der Waals surface area contributed by atoms with Gasteiger partial charge in [-0.15, -0.1) is 0 Å². The third-order valence-electron chi connectivity index (χ3n) is 5.37. The van der Waals surface area contributed by atoms with Crippen LogP contribution < -0.4 is 21.3 Å². The number of urea groups is 1. The van der Waals surface area contributed by atoms with Crippen molar-refractivity contribution in [2.75, 3.05) is 28.3 Å². The Labute approximate surface area is 189 Å². The third-order valence-corrected chi connectivity index (χ3v) is 5.62. The van der Waals surface area contributed by atoms with E-state index in [2.05, 4.69) is 17.6 Å². The molecule has 0 bridgehead atoms. The van der Waals surface area contributed by atoms with Crippen molar-refractivity contribution in [1.82, 2.24) is 0 Å². The molecule has 3 rings (SSSR count). The smallest absolute Gasteiger partial charge is 0.326 e. The number of carbonyl (C=O) groups excluding carboxylic acids is 1. The van der Waals surface area contributed by atoms with Crippen LogP contribution in [0.1, 0.15) is 30.5 Å². The number of halogens is 1. The van der Waals surface area contributed by atoms with Crippen LogP contribution in [0.3, 0.4) is 0 Å². The third kappa shape index (κ3) is 5.30. The number of rotatable bonds is 7. The summed E-state index contributed by atoms with van der Waals surface area (Å²) in [5.74, 6) is 0. The average molecular weight is 437 g/mol. The van der Waals surface area contributed by atoms with Gasteiger partial charge in [0.25, 0.3) is 0 Å². The molecule has 0 radical (unpaired) electrons. The van der Waals surface area contributed by atoms with Gasteiger partial charge in [-0.1, -0.05) is 43.6 Å². The van der Waals surface area contributed by atoms with Crippen molar-refractivity contribution in [3.8, 4) is 0 Å². The summed E-state index contributed by atoms with van der Waals surface area (Å²) in [7, 11) is 1.87. The van der Waals surface area contributed by atoms with E-state index in [0.717, 1.165) is 46.6 Å². The molecule has 0 fully saturated rings. The number of amides is 2. The number of aryl methyl sites for hydroxylation is 1. The molecule has 2 amide bonds. The first-order valence-corrected chi connectivity index (χ1v) is 10.9. The van der Waals surface area contributed by atoms with Crippen molar-refractivity contribution >= 4 is 40.4 Å². The van der Waals surface area contributed by atoms with Gasteiger partial charge in [-0.3, -0.25) is 4.90 Å². The van der Waals surface area contributed by atoms with Crippen molar-refractivity contribution in [2.24, 2.45) is 0 Å². The first-order chi connectivity index (χ1) is 15.0. The van der Waals surface area contributed by atoms with Crippen LogP contribution in [-0.2, 0) is 19.4 Å². The minimum Gasteiger partial charge on any atom is -0.398 e. The fourth-order valence-electron chi connectivity index (χ4n) is 3.58. The minimum absolute atomic E-state index is 0.206. The first-order valence-electron chi connectivity index (χ1n) is 10.5. The van der Waals surface area contributed by atoms with Gasteiger partial charge in [-0.25, -0.2) is 4.79 Å². The van der Waals surface area contributed by atoms with Crippen molar-refractivity contribution < 1.29 is 4.79 Å². The van der Waals surface area contributed by atoms with E-state index in [9.17, 15) is 4.79 Å². The second-order valence-corrected chi connectivity index (χ2v) is 7.75. The number of nitrogens with two attached hydrogens (primary N) is 1. The van der Waals surface area contributed by atoms with Gasteiger partial charge in [-0.05, 0) is 72.0 Å². The van der Waals surface area contributed by atoms with Gasteiger partial charge in [0.2, 0.25) is 0 Å². The topological polar surface area (TPSA) is 70.4 Å². The van der Waals surface area contributed by atoms with E-state index in [1.165, 1.54) is 0 Å². The lowest BCUT2D eigenvalue weighted by Gasteiger charge is -2.25. The van der Waals surface area contributed by atoms with Crippen LogP contribution >= 0.6 is 11.6 Å². The summed E-state index contributed by atoms with van der Waals surface area (Å²) >= 11 is 6.04. The minimum atomic E-state index is -0.206. The van der Waals surface area contributed by atoms with Crippen molar-refractivity contribution in [2.45, 2.75) is 33.2 Å². The highest BCUT2D eigenvalue weighted by Gasteiger charge is 2.20. The molecule has 6 heteroatoms. The van der Waals surface area contributed by atoms with Gasteiger partial charge in [0, 0.05) is 29.1 Å². The molecule has 0 unspecified atom stereocenters. The molecule has 0 aliphatic rings. The standard InChI is InChI=1S/C25H29ClN4O/c1-4-18-8-15-23(27)22(5-2)24(18)29-25(31)30(16-17-6-9-19(26)10-7-17)21-13-11-20(28-3)12-14-21/h6-15,28H,4-5,16,27H2,1-3H3,(H,29,31). The molecule has 0 aliphatic carbocycles. The monoisotopic (exact) mass is 436 g/mol. The summed E-state index contributed by atoms with van der Waals surface area (Å²) in [5.41, 5.74) is 12.5. The average Bonchev–Trinajstić information content (AvgIpc) is 2.79. The van der Waals surface area contributed by atoms with Crippen LogP contribution in [0.2, 0.25) is 5.02 Å². The number of carbonyl (C=O) groups is 1. The van der Waals surface area contributed by atoms with E-state index < -0.39 is 0 Å². The highest BCUT2D eigenvalue weighted by atomic mass is 35.5. The zero-order valence-corrected chi connectivity index (χ0v) is 19.0. The highest BCUT2D eigenvalue weighted by molar-refractivity contribution is 6.30. The quantitative estimate of drug-likeness (QED) is 0.379. The Hall–Kier alpha value is -3.18. The van der Waals surface area contributed by atoms with Gasteiger partial charge in [0.15, 0.2) is 0 Å². The summed E-state index contributed by atoms with van der Waals surface area (Å²) < 4.78 is 0. The van der Waals surface area contributed by atoms with Crippen LogP contribution in [0.15, 0.2) is 60.7 Å². The second kappa shape index (κ2) is 10.2. The van der Waals surface area contributed by atoms with E-state index in [-0.39, 0.29) is 6.03 Å². The fourth-order valence-corrected chi connectivity index (χ4v) is 3.70. The van der Waals surface area contributed by atoms with Crippen LogP contribution in [0, 0.1) is 0 Å². The van der Waals surface area contributed by atoms with Gasteiger partial charge < -0.3 is 16.4 Å². The molecule has 4 N–H and O–H groups in total. The number of hydrogen-bond donors (Lipinski definition) is 3. The molecular formula is C25H29ClN4O. The maximum atomic E-state index is 13.5. The Balaban J connectivity index is 1.97. The fraction of sp³-hybridized carbons (Fsp3) is 0.240. The number of nitrogen functional groups attached to an aromatic ring is 1. The largest absolute Gasteiger partial charge is 0.398 e. The van der Waals surface area contributed by atoms with Crippen LogP contribution in [0.5, 0.6) is 0 Å². The van der Waals surface area contributed by atoms with Gasteiger partial charge in [0.05, 0.1) is 12.2 Å². The zero-order chi connectivity index (χ0) is 22.4. The van der Waals surface area contributed by atoms with Crippen molar-refractivity contribution in [1.29, 1.82) is 0 Å². The molecule has 31 heavy (non-hydrogen) atoms. The predicted molar refractivity (Wildman–Crippen MR) is 132 cm³/mol. The number of nitrogens with one attached hydrogen (secondary N) is 2. The number of benzene rings is 3. The normalized spacial score (nSPS) is 10.6. The molecule has 0 heterocycles. The maximum absolute atomic E-state index is 13.5. The van der Waals surface area contributed by atoms with Crippen molar-refractivity contribution in [3.05, 3.63) is 82.4 Å². The Morgan fingerprint density at radius 3 is 2.23 bits per heavy atom. The molecule has 3 aromatic rings. The van der Waals surface area contributed by atoms with E-state index in [0.29, 0.717) is 17.3 Å². The lowest BCUT2D eigenvalue weighted by atomic mass is 10.0. The highest BCUT2D eigenvalue weighted by Crippen LogP contribution is 2.29. The lowest BCUT2D eigenvalue weighted by Crippen LogP contribution is -2.35. The summed E-state index contributed by atoms with van der Waals surface area (Å²) in [6, 6.07) is 19.0. The first kappa shape index (κ1) is 22.5. The molecule has 0 spiro atoms. The Morgan fingerprint density at radius 2 is 1.65 bits per heavy atom. The summed E-state index contributed by atoms with van der Waals surface area (Å²) in [5, 5.41) is 6.92. The Kier molecular flexibility index (Phi) is 7.42. The molecule has 0 aliphatic heterocycles. The number of hydrogen-bond acceptors (Lipinski definition) is 3. The maximum Gasteiger partial charge on any atom is 0.326 e. The van der Waals surface area contributed by atoms with Gasteiger partial charge >= 0.3 is 6.03 Å². The van der Waals surface area contributed by atoms with Crippen LogP contribution in [0.4, 0.5) is 27.5 Å².